The minimum atomic E-state index is 0.139. The lowest BCUT2D eigenvalue weighted by Crippen LogP contribution is -1.90. The fraction of sp³-hybridized carbons (Fsp3) is 0.0526. The highest BCUT2D eigenvalue weighted by Gasteiger charge is 2.21. The van der Waals surface area contributed by atoms with Gasteiger partial charge in [0.25, 0.3) is 0 Å². The van der Waals surface area contributed by atoms with Crippen LogP contribution >= 0.6 is 0 Å². The number of benzene rings is 3. The summed E-state index contributed by atoms with van der Waals surface area (Å²) in [5, 5.41) is 9.86. The van der Waals surface area contributed by atoms with Crippen molar-refractivity contribution in [1.29, 1.82) is 0 Å². The van der Waals surface area contributed by atoms with Crippen LogP contribution in [0.3, 0.4) is 0 Å². The van der Waals surface area contributed by atoms with E-state index in [1.165, 1.54) is 27.8 Å². The van der Waals surface area contributed by atoms with E-state index in [0.29, 0.717) is 5.69 Å². The molecule has 0 heterocycles. The van der Waals surface area contributed by atoms with Gasteiger partial charge in [0.05, 0.1) is 5.69 Å². The summed E-state index contributed by atoms with van der Waals surface area (Å²) in [5.41, 5.74) is 13.6. The molecule has 0 atom stereocenters. The molecule has 0 aliphatic heterocycles. The number of phenols is 1. The summed E-state index contributed by atoms with van der Waals surface area (Å²) in [6, 6.07) is 20.3. The standard InChI is InChI=1S/C19H15NO/c20-18-9-8-13(11-19(18)21)15-6-3-7-16-14-5-2-1-4-12(14)10-17(15)16/h1-9,11,21H,10,20H2. The van der Waals surface area contributed by atoms with Gasteiger partial charge < -0.3 is 10.8 Å². The molecule has 3 aromatic carbocycles. The molecule has 4 rings (SSSR count). The molecule has 0 saturated carbocycles. The van der Waals surface area contributed by atoms with Gasteiger partial charge in [0.15, 0.2) is 0 Å². The normalized spacial score (nSPS) is 12.0. The molecule has 3 N–H and O–H groups in total. The van der Waals surface area contributed by atoms with Crippen LogP contribution in [-0.4, -0.2) is 5.11 Å². The minimum Gasteiger partial charge on any atom is -0.506 e. The summed E-state index contributed by atoms with van der Waals surface area (Å²) < 4.78 is 0. The first-order chi connectivity index (χ1) is 10.2. The van der Waals surface area contributed by atoms with Crippen molar-refractivity contribution >= 4 is 5.69 Å². The van der Waals surface area contributed by atoms with E-state index in [9.17, 15) is 5.11 Å². The topological polar surface area (TPSA) is 46.2 Å². The van der Waals surface area contributed by atoms with Crippen molar-refractivity contribution in [2.75, 3.05) is 5.73 Å². The lowest BCUT2D eigenvalue weighted by atomic mass is 9.95. The monoisotopic (exact) mass is 273 g/mol. The molecule has 0 bridgehead atoms. The Bertz CT molecular complexity index is 852. The van der Waals surface area contributed by atoms with E-state index < -0.39 is 0 Å². The zero-order valence-electron chi connectivity index (χ0n) is 11.5. The molecule has 0 amide bonds. The summed E-state index contributed by atoms with van der Waals surface area (Å²) >= 11 is 0. The van der Waals surface area contributed by atoms with Crippen molar-refractivity contribution in [3.63, 3.8) is 0 Å². The lowest BCUT2D eigenvalue weighted by Gasteiger charge is -2.10. The van der Waals surface area contributed by atoms with Gasteiger partial charge in [-0.2, -0.15) is 0 Å². The van der Waals surface area contributed by atoms with Crippen molar-refractivity contribution in [3.05, 3.63) is 71.8 Å². The lowest BCUT2D eigenvalue weighted by molar-refractivity contribution is 0.478. The smallest absolute Gasteiger partial charge is 0.139 e. The quantitative estimate of drug-likeness (QED) is 0.403. The molecule has 0 saturated heterocycles. The van der Waals surface area contributed by atoms with Gasteiger partial charge in [-0.25, -0.2) is 0 Å². The molecule has 0 unspecified atom stereocenters. The zero-order valence-corrected chi connectivity index (χ0v) is 11.5. The van der Waals surface area contributed by atoms with E-state index in [1.54, 1.807) is 12.1 Å². The summed E-state index contributed by atoms with van der Waals surface area (Å²) in [4.78, 5) is 0. The molecule has 0 spiro atoms. The van der Waals surface area contributed by atoms with E-state index >= 15 is 0 Å². The molecule has 1 aliphatic rings. The Hall–Kier alpha value is -2.74. The van der Waals surface area contributed by atoms with E-state index in [-0.39, 0.29) is 5.75 Å². The van der Waals surface area contributed by atoms with Gasteiger partial charge >= 0.3 is 0 Å². The first-order valence-corrected chi connectivity index (χ1v) is 7.03. The highest BCUT2D eigenvalue weighted by atomic mass is 16.3. The SMILES string of the molecule is Nc1ccc(-c2cccc3c2Cc2ccccc2-3)cc1O. The molecule has 0 aromatic heterocycles. The van der Waals surface area contributed by atoms with Crippen LogP contribution in [0.25, 0.3) is 22.3 Å². The fourth-order valence-corrected chi connectivity index (χ4v) is 3.14. The average Bonchev–Trinajstić information content (AvgIpc) is 2.89. The van der Waals surface area contributed by atoms with Gasteiger partial charge in [0.1, 0.15) is 5.75 Å². The minimum absolute atomic E-state index is 0.139. The largest absolute Gasteiger partial charge is 0.506 e. The van der Waals surface area contributed by atoms with Crippen LogP contribution in [0.5, 0.6) is 5.75 Å². The van der Waals surface area contributed by atoms with E-state index in [4.69, 9.17) is 5.73 Å². The van der Waals surface area contributed by atoms with Crippen LogP contribution in [0.1, 0.15) is 11.1 Å². The van der Waals surface area contributed by atoms with Crippen molar-refractivity contribution in [3.8, 4) is 28.0 Å². The van der Waals surface area contributed by atoms with Crippen molar-refractivity contribution < 1.29 is 5.11 Å². The number of fused-ring (bicyclic) bond motifs is 3. The van der Waals surface area contributed by atoms with Crippen LogP contribution in [0.4, 0.5) is 5.69 Å². The van der Waals surface area contributed by atoms with Crippen molar-refractivity contribution in [2.45, 2.75) is 6.42 Å². The maximum Gasteiger partial charge on any atom is 0.139 e. The number of rotatable bonds is 1. The highest BCUT2D eigenvalue weighted by Crippen LogP contribution is 2.42. The number of hydrogen-bond acceptors (Lipinski definition) is 2. The third kappa shape index (κ3) is 1.80. The van der Waals surface area contributed by atoms with Gasteiger partial charge in [-0.3, -0.25) is 0 Å². The second-order valence-electron chi connectivity index (χ2n) is 5.44. The summed E-state index contributed by atoms with van der Waals surface area (Å²) in [7, 11) is 0. The fourth-order valence-electron chi connectivity index (χ4n) is 3.14. The average molecular weight is 273 g/mol. The van der Waals surface area contributed by atoms with Crippen molar-refractivity contribution in [2.24, 2.45) is 0 Å². The van der Waals surface area contributed by atoms with E-state index in [0.717, 1.165) is 12.0 Å². The number of nitrogen functional groups attached to an aromatic ring is 1. The Morgan fingerprint density at radius 2 is 1.57 bits per heavy atom. The molecule has 1 aliphatic carbocycles. The summed E-state index contributed by atoms with van der Waals surface area (Å²) in [5.74, 6) is 0.139. The second kappa shape index (κ2) is 4.38. The molecular weight excluding hydrogens is 258 g/mol. The van der Waals surface area contributed by atoms with Gasteiger partial charge in [0.2, 0.25) is 0 Å². The number of hydrogen-bond donors (Lipinski definition) is 2. The van der Waals surface area contributed by atoms with Gasteiger partial charge in [-0.05, 0) is 51.9 Å². The van der Waals surface area contributed by atoms with Crippen LogP contribution in [0, 0.1) is 0 Å². The first-order valence-electron chi connectivity index (χ1n) is 7.03. The number of nitrogens with two attached hydrogens (primary N) is 1. The predicted molar refractivity (Wildman–Crippen MR) is 86.2 cm³/mol. The Labute approximate surface area is 123 Å². The molecule has 3 aromatic rings. The Morgan fingerprint density at radius 1 is 0.810 bits per heavy atom. The van der Waals surface area contributed by atoms with Crippen LogP contribution in [0.2, 0.25) is 0 Å². The highest BCUT2D eigenvalue weighted by molar-refractivity contribution is 5.85. The maximum atomic E-state index is 9.86. The van der Waals surface area contributed by atoms with E-state index in [2.05, 4.69) is 42.5 Å². The number of phenolic OH excluding ortho intramolecular Hbond substituents is 1. The maximum absolute atomic E-state index is 9.86. The van der Waals surface area contributed by atoms with E-state index in [1.807, 2.05) is 6.07 Å². The molecule has 2 heteroatoms. The third-order valence-corrected chi connectivity index (χ3v) is 4.19. The number of anilines is 1. The molecule has 21 heavy (non-hydrogen) atoms. The first kappa shape index (κ1) is 12.0. The predicted octanol–water partition coefficient (Wildman–Crippen LogP) is 4.21. The summed E-state index contributed by atoms with van der Waals surface area (Å²) in [6.45, 7) is 0. The molecule has 0 fully saturated rings. The van der Waals surface area contributed by atoms with Crippen LogP contribution in [-0.2, 0) is 6.42 Å². The summed E-state index contributed by atoms with van der Waals surface area (Å²) in [6.07, 6.45) is 0.937. The van der Waals surface area contributed by atoms with Gasteiger partial charge in [-0.1, -0.05) is 48.5 Å². The molecular formula is C19H15NO. The second-order valence-corrected chi connectivity index (χ2v) is 5.44. The third-order valence-electron chi connectivity index (χ3n) is 4.19. The van der Waals surface area contributed by atoms with Gasteiger partial charge in [0, 0.05) is 0 Å². The van der Waals surface area contributed by atoms with Crippen LogP contribution < -0.4 is 5.73 Å². The molecule has 0 radical (unpaired) electrons. The van der Waals surface area contributed by atoms with Crippen molar-refractivity contribution in [1.82, 2.24) is 0 Å². The Kier molecular flexibility index (Phi) is 2.51. The van der Waals surface area contributed by atoms with Crippen LogP contribution in [0.15, 0.2) is 60.7 Å². The Morgan fingerprint density at radius 3 is 2.43 bits per heavy atom. The zero-order chi connectivity index (χ0) is 14.4. The molecule has 2 nitrogen and oxygen atoms in total. The Balaban J connectivity index is 1.92. The molecule has 102 valence electrons. The number of aromatic hydroxyl groups is 1. The van der Waals surface area contributed by atoms with Gasteiger partial charge in [-0.15, -0.1) is 0 Å².